The lowest BCUT2D eigenvalue weighted by Crippen LogP contribution is -2.64. The standard InChI is InChI=1S/C19H24N4O2/c1-12-10-23(19(11-25-12)6-2-7-19)18(24)14-5-8-20-17-16(14)21-15(22-17)9-13-3-4-13/h5,8,12-13H,2-4,6-7,9-11H2,1H3,(H,20,21,22)/t12-/m0/s1. The molecule has 2 saturated carbocycles. The van der Waals surface area contributed by atoms with Gasteiger partial charge >= 0.3 is 0 Å². The summed E-state index contributed by atoms with van der Waals surface area (Å²) in [5, 5.41) is 0. The van der Waals surface area contributed by atoms with Crippen LogP contribution in [0.3, 0.4) is 0 Å². The van der Waals surface area contributed by atoms with Crippen molar-refractivity contribution in [3.8, 4) is 0 Å². The normalized spacial score (nSPS) is 25.3. The highest BCUT2D eigenvalue weighted by atomic mass is 16.5. The Kier molecular flexibility index (Phi) is 3.39. The van der Waals surface area contributed by atoms with Gasteiger partial charge in [-0.1, -0.05) is 0 Å². The Balaban J connectivity index is 1.50. The minimum atomic E-state index is -0.101. The summed E-state index contributed by atoms with van der Waals surface area (Å²) in [6.45, 7) is 3.35. The fourth-order valence-electron chi connectivity index (χ4n) is 4.15. The summed E-state index contributed by atoms with van der Waals surface area (Å²) in [5.74, 6) is 1.79. The van der Waals surface area contributed by atoms with Gasteiger partial charge in [-0.05, 0) is 51.0 Å². The van der Waals surface area contributed by atoms with Crippen molar-refractivity contribution >= 4 is 17.1 Å². The largest absolute Gasteiger partial charge is 0.374 e. The van der Waals surface area contributed by atoms with Gasteiger partial charge < -0.3 is 14.6 Å². The smallest absolute Gasteiger partial charge is 0.256 e. The molecular formula is C19H24N4O2. The lowest BCUT2D eigenvalue weighted by molar-refractivity contribution is -0.118. The summed E-state index contributed by atoms with van der Waals surface area (Å²) >= 11 is 0. The van der Waals surface area contributed by atoms with E-state index in [2.05, 4.69) is 19.9 Å². The summed E-state index contributed by atoms with van der Waals surface area (Å²) in [6, 6.07) is 1.83. The second-order valence-electron chi connectivity index (χ2n) is 8.00. The third-order valence-corrected chi connectivity index (χ3v) is 6.03. The number of fused-ring (bicyclic) bond motifs is 1. The van der Waals surface area contributed by atoms with Gasteiger partial charge in [0, 0.05) is 19.2 Å². The molecule has 6 nitrogen and oxygen atoms in total. The number of hydrogen-bond acceptors (Lipinski definition) is 4. The maximum atomic E-state index is 13.4. The van der Waals surface area contributed by atoms with Gasteiger partial charge in [0.05, 0.1) is 29.3 Å². The van der Waals surface area contributed by atoms with Crippen molar-refractivity contribution in [3.63, 3.8) is 0 Å². The van der Waals surface area contributed by atoms with Crippen molar-refractivity contribution in [1.29, 1.82) is 0 Å². The van der Waals surface area contributed by atoms with Crippen LogP contribution < -0.4 is 0 Å². The highest BCUT2D eigenvalue weighted by molar-refractivity contribution is 6.04. The van der Waals surface area contributed by atoms with Crippen LogP contribution in [-0.4, -0.2) is 50.6 Å². The fraction of sp³-hybridized carbons (Fsp3) is 0.632. The van der Waals surface area contributed by atoms with Crippen molar-refractivity contribution in [2.45, 2.75) is 57.1 Å². The van der Waals surface area contributed by atoms with Gasteiger partial charge in [-0.25, -0.2) is 9.97 Å². The summed E-state index contributed by atoms with van der Waals surface area (Å²) < 4.78 is 5.87. The van der Waals surface area contributed by atoms with E-state index >= 15 is 0 Å². The van der Waals surface area contributed by atoms with Crippen LogP contribution in [0.4, 0.5) is 0 Å². The highest BCUT2D eigenvalue weighted by Gasteiger charge is 2.48. The molecule has 132 valence electrons. The molecular weight excluding hydrogens is 316 g/mol. The Morgan fingerprint density at radius 2 is 2.28 bits per heavy atom. The molecule has 1 spiro atoms. The Morgan fingerprint density at radius 1 is 1.44 bits per heavy atom. The first-order valence-electron chi connectivity index (χ1n) is 9.42. The molecule has 1 aliphatic heterocycles. The van der Waals surface area contributed by atoms with Crippen molar-refractivity contribution < 1.29 is 9.53 Å². The van der Waals surface area contributed by atoms with E-state index in [1.165, 1.54) is 19.3 Å². The van der Waals surface area contributed by atoms with E-state index < -0.39 is 0 Å². The van der Waals surface area contributed by atoms with Gasteiger partial charge in [-0.15, -0.1) is 0 Å². The van der Waals surface area contributed by atoms with E-state index in [1.807, 2.05) is 13.0 Å². The molecule has 1 atom stereocenters. The number of rotatable bonds is 3. The molecule has 1 amide bonds. The van der Waals surface area contributed by atoms with Crippen molar-refractivity contribution in [3.05, 3.63) is 23.7 Å². The monoisotopic (exact) mass is 340 g/mol. The Morgan fingerprint density at radius 3 is 3.00 bits per heavy atom. The molecule has 3 aliphatic rings. The summed E-state index contributed by atoms with van der Waals surface area (Å²) in [4.78, 5) is 27.8. The third-order valence-electron chi connectivity index (χ3n) is 6.03. The van der Waals surface area contributed by atoms with Crippen molar-refractivity contribution in [2.75, 3.05) is 13.2 Å². The van der Waals surface area contributed by atoms with Gasteiger partial charge in [-0.2, -0.15) is 0 Å². The average molecular weight is 340 g/mol. The number of nitrogens with one attached hydrogen (secondary N) is 1. The van der Waals surface area contributed by atoms with Gasteiger partial charge in [0.1, 0.15) is 5.82 Å². The number of aromatic nitrogens is 3. The number of aromatic amines is 1. The zero-order chi connectivity index (χ0) is 17.0. The Bertz CT molecular complexity index is 822. The maximum absolute atomic E-state index is 13.4. The molecule has 0 aromatic carbocycles. The highest BCUT2D eigenvalue weighted by Crippen LogP contribution is 2.41. The third kappa shape index (κ3) is 2.54. The summed E-state index contributed by atoms with van der Waals surface area (Å²) in [7, 11) is 0. The van der Waals surface area contributed by atoms with Crippen LogP contribution >= 0.6 is 0 Å². The molecule has 0 radical (unpaired) electrons. The van der Waals surface area contributed by atoms with Crippen LogP contribution in [-0.2, 0) is 11.2 Å². The van der Waals surface area contributed by atoms with E-state index in [-0.39, 0.29) is 17.6 Å². The number of amides is 1. The van der Waals surface area contributed by atoms with Gasteiger partial charge in [0.15, 0.2) is 5.65 Å². The average Bonchev–Trinajstić information content (AvgIpc) is 3.28. The zero-order valence-corrected chi connectivity index (χ0v) is 14.6. The van der Waals surface area contributed by atoms with Crippen LogP contribution in [0.25, 0.3) is 11.2 Å². The fourth-order valence-corrected chi connectivity index (χ4v) is 4.15. The number of morpholine rings is 1. The first kappa shape index (κ1) is 15.3. The molecule has 6 heteroatoms. The van der Waals surface area contributed by atoms with Gasteiger partial charge in [0.25, 0.3) is 5.91 Å². The molecule has 1 N–H and O–H groups in total. The lowest BCUT2D eigenvalue weighted by atomic mass is 9.74. The molecule has 2 aromatic heterocycles. The van der Waals surface area contributed by atoms with Crippen LogP contribution in [0.2, 0.25) is 0 Å². The van der Waals surface area contributed by atoms with Crippen LogP contribution in [0.5, 0.6) is 0 Å². The molecule has 0 unspecified atom stereocenters. The number of H-pyrrole nitrogens is 1. The van der Waals surface area contributed by atoms with Crippen LogP contribution in [0.15, 0.2) is 12.3 Å². The first-order chi connectivity index (χ1) is 12.1. The zero-order valence-electron chi connectivity index (χ0n) is 14.6. The van der Waals surface area contributed by atoms with Gasteiger partial charge in [-0.3, -0.25) is 4.79 Å². The van der Waals surface area contributed by atoms with Gasteiger partial charge in [0.2, 0.25) is 0 Å². The second kappa shape index (κ2) is 5.53. The Hall–Kier alpha value is -1.95. The van der Waals surface area contributed by atoms with Crippen molar-refractivity contribution in [1.82, 2.24) is 19.9 Å². The number of pyridine rings is 1. The molecule has 3 heterocycles. The van der Waals surface area contributed by atoms with Crippen LogP contribution in [0, 0.1) is 5.92 Å². The lowest BCUT2D eigenvalue weighted by Gasteiger charge is -2.54. The van der Waals surface area contributed by atoms with E-state index in [9.17, 15) is 4.79 Å². The quantitative estimate of drug-likeness (QED) is 0.932. The minimum Gasteiger partial charge on any atom is -0.374 e. The number of hydrogen-bond donors (Lipinski definition) is 1. The SMILES string of the molecule is C[C@H]1CN(C(=O)c2ccnc3nc(CC4CC4)[nH]c23)C2(CCC2)CO1. The maximum Gasteiger partial charge on any atom is 0.256 e. The Labute approximate surface area is 147 Å². The molecule has 3 fully saturated rings. The summed E-state index contributed by atoms with van der Waals surface area (Å²) in [6.07, 6.45) is 8.56. The molecule has 1 saturated heterocycles. The van der Waals surface area contributed by atoms with E-state index in [4.69, 9.17) is 4.74 Å². The molecule has 0 bridgehead atoms. The number of imidazole rings is 1. The number of carbonyl (C=O) groups is 1. The number of nitrogens with zero attached hydrogens (tertiary/aromatic N) is 3. The summed E-state index contributed by atoms with van der Waals surface area (Å²) in [5.41, 5.74) is 2.04. The van der Waals surface area contributed by atoms with Crippen molar-refractivity contribution in [2.24, 2.45) is 5.92 Å². The predicted molar refractivity (Wildman–Crippen MR) is 93.3 cm³/mol. The van der Waals surface area contributed by atoms with E-state index in [0.29, 0.717) is 24.4 Å². The van der Waals surface area contributed by atoms with E-state index in [1.54, 1.807) is 6.20 Å². The first-order valence-corrected chi connectivity index (χ1v) is 9.42. The molecule has 2 aromatic rings. The molecule has 2 aliphatic carbocycles. The van der Waals surface area contributed by atoms with E-state index in [0.717, 1.165) is 36.5 Å². The predicted octanol–water partition coefficient (Wildman–Crippen LogP) is 2.69. The number of ether oxygens (including phenoxy) is 1. The number of carbonyl (C=O) groups excluding carboxylic acids is 1. The molecule has 25 heavy (non-hydrogen) atoms. The topological polar surface area (TPSA) is 71.1 Å². The minimum absolute atomic E-state index is 0.0831. The second-order valence-corrected chi connectivity index (χ2v) is 8.00. The molecule has 5 rings (SSSR count). The van der Waals surface area contributed by atoms with Crippen LogP contribution in [0.1, 0.15) is 55.2 Å².